The van der Waals surface area contributed by atoms with E-state index in [4.69, 9.17) is 4.74 Å². The number of hydrogen-bond acceptors (Lipinski definition) is 4. The van der Waals surface area contributed by atoms with Crippen LogP contribution in [0.1, 0.15) is 33.6 Å². The highest BCUT2D eigenvalue weighted by molar-refractivity contribution is 7.87. The van der Waals surface area contributed by atoms with Gasteiger partial charge in [-0.1, -0.05) is 0 Å². The molecule has 0 atom stereocenters. The van der Waals surface area contributed by atoms with Crippen molar-refractivity contribution in [2.45, 2.75) is 44.8 Å². The van der Waals surface area contributed by atoms with Gasteiger partial charge in [0.15, 0.2) is 0 Å². The summed E-state index contributed by atoms with van der Waals surface area (Å²) in [5.41, 5.74) is -0.958. The highest BCUT2D eigenvalue weighted by atomic mass is 32.2. The molecule has 2 rings (SSSR count). The number of nitrogens with zero attached hydrogens (tertiary/aromatic N) is 1. The first-order chi connectivity index (χ1) is 8.61. The van der Waals surface area contributed by atoms with Crippen LogP contribution in [0.15, 0.2) is 0 Å². The summed E-state index contributed by atoms with van der Waals surface area (Å²) in [6.45, 7) is 6.86. The lowest BCUT2D eigenvalue weighted by atomic mass is 9.89. The molecule has 110 valence electrons. The van der Waals surface area contributed by atoms with Crippen molar-refractivity contribution in [2.24, 2.45) is 0 Å². The highest BCUT2D eigenvalue weighted by Gasteiger charge is 2.44. The van der Waals surface area contributed by atoms with Crippen LogP contribution in [0.2, 0.25) is 0 Å². The van der Waals surface area contributed by atoms with Gasteiger partial charge in [0.1, 0.15) is 5.60 Å². The molecular weight excluding hydrogens is 270 g/mol. The van der Waals surface area contributed by atoms with Crippen molar-refractivity contribution in [1.82, 2.24) is 14.3 Å². The molecule has 8 heteroatoms. The first-order valence-electron chi connectivity index (χ1n) is 6.37. The van der Waals surface area contributed by atoms with E-state index in [0.29, 0.717) is 32.5 Å². The summed E-state index contributed by atoms with van der Waals surface area (Å²) in [7, 11) is -3.36. The van der Waals surface area contributed by atoms with Crippen LogP contribution in [0.25, 0.3) is 0 Å². The first-order valence-corrected chi connectivity index (χ1v) is 7.86. The minimum Gasteiger partial charge on any atom is -0.444 e. The maximum Gasteiger partial charge on any atom is 0.410 e. The van der Waals surface area contributed by atoms with Gasteiger partial charge in [-0.15, -0.1) is 0 Å². The van der Waals surface area contributed by atoms with Gasteiger partial charge in [0.05, 0.1) is 5.54 Å². The van der Waals surface area contributed by atoms with Gasteiger partial charge in [-0.05, 0) is 33.6 Å². The molecule has 2 aliphatic rings. The van der Waals surface area contributed by atoms with Gasteiger partial charge in [0.2, 0.25) is 0 Å². The minimum atomic E-state index is -3.36. The first kappa shape index (κ1) is 14.5. The summed E-state index contributed by atoms with van der Waals surface area (Å²) in [6.07, 6.45) is 0.855. The number of likely N-dealkylation sites (tertiary alicyclic amines) is 1. The van der Waals surface area contributed by atoms with E-state index in [0.717, 1.165) is 0 Å². The van der Waals surface area contributed by atoms with Crippen LogP contribution in [0.4, 0.5) is 4.79 Å². The molecule has 2 saturated heterocycles. The third-order valence-electron chi connectivity index (χ3n) is 3.32. The van der Waals surface area contributed by atoms with Gasteiger partial charge in [0.25, 0.3) is 10.2 Å². The Hall–Kier alpha value is -0.860. The van der Waals surface area contributed by atoms with Crippen LogP contribution in [-0.2, 0) is 14.9 Å². The average molecular weight is 291 g/mol. The zero-order valence-electron chi connectivity index (χ0n) is 11.5. The molecule has 2 heterocycles. The largest absolute Gasteiger partial charge is 0.444 e. The molecule has 19 heavy (non-hydrogen) atoms. The Labute approximate surface area is 113 Å². The Morgan fingerprint density at radius 3 is 2.26 bits per heavy atom. The lowest BCUT2D eigenvalue weighted by Gasteiger charge is -2.38. The molecule has 1 amide bonds. The van der Waals surface area contributed by atoms with Crippen molar-refractivity contribution in [3.05, 3.63) is 0 Å². The molecule has 0 aromatic rings. The van der Waals surface area contributed by atoms with Crippen molar-refractivity contribution in [3.63, 3.8) is 0 Å². The zero-order valence-corrected chi connectivity index (χ0v) is 12.3. The van der Waals surface area contributed by atoms with Gasteiger partial charge < -0.3 is 9.64 Å². The van der Waals surface area contributed by atoms with E-state index in [9.17, 15) is 13.2 Å². The Morgan fingerprint density at radius 2 is 1.84 bits per heavy atom. The van der Waals surface area contributed by atoms with E-state index < -0.39 is 21.3 Å². The standard InChI is InChI=1S/C11H21N3O4S/c1-10(2,3)18-9(15)14-6-4-11(5-7-14)8-12-19(16,17)13-11/h12-13H,4-8H2,1-3H3. The van der Waals surface area contributed by atoms with Gasteiger partial charge in [0, 0.05) is 19.6 Å². The molecule has 0 aromatic heterocycles. The number of rotatable bonds is 0. The van der Waals surface area contributed by atoms with Crippen molar-refractivity contribution < 1.29 is 17.9 Å². The number of piperidine rings is 1. The molecule has 2 fully saturated rings. The quantitative estimate of drug-likeness (QED) is 0.667. The van der Waals surface area contributed by atoms with E-state index in [1.807, 2.05) is 20.8 Å². The summed E-state index contributed by atoms with van der Waals surface area (Å²) < 4.78 is 33.2. The Morgan fingerprint density at radius 1 is 1.26 bits per heavy atom. The Balaban J connectivity index is 1.91. The van der Waals surface area contributed by atoms with Gasteiger partial charge in [-0.2, -0.15) is 13.1 Å². The molecule has 0 radical (unpaired) electrons. The summed E-state index contributed by atoms with van der Waals surface area (Å²) in [4.78, 5) is 13.5. The number of carbonyl (C=O) groups is 1. The van der Waals surface area contributed by atoms with E-state index in [1.165, 1.54) is 0 Å². The van der Waals surface area contributed by atoms with Crippen molar-refractivity contribution in [1.29, 1.82) is 0 Å². The SMILES string of the molecule is CC(C)(C)OC(=O)N1CCC2(CC1)CNS(=O)(=O)N2. The molecule has 0 bridgehead atoms. The maximum atomic E-state index is 11.9. The van der Waals surface area contributed by atoms with Gasteiger partial charge >= 0.3 is 6.09 Å². The lowest BCUT2D eigenvalue weighted by Crippen LogP contribution is -2.54. The third kappa shape index (κ3) is 3.58. The fourth-order valence-corrected chi connectivity index (χ4v) is 3.70. The zero-order chi connectivity index (χ0) is 14.3. The van der Waals surface area contributed by atoms with E-state index in [2.05, 4.69) is 9.44 Å². The number of carbonyl (C=O) groups excluding carboxylic acids is 1. The number of hydrogen-bond donors (Lipinski definition) is 2. The van der Waals surface area contributed by atoms with Crippen molar-refractivity contribution in [3.8, 4) is 0 Å². The topological polar surface area (TPSA) is 87.7 Å². The van der Waals surface area contributed by atoms with Crippen LogP contribution in [0.3, 0.4) is 0 Å². The number of nitrogens with one attached hydrogen (secondary N) is 2. The molecule has 0 aliphatic carbocycles. The predicted octanol–water partition coefficient (Wildman–Crippen LogP) is 0.194. The van der Waals surface area contributed by atoms with E-state index in [1.54, 1.807) is 4.90 Å². The van der Waals surface area contributed by atoms with Crippen LogP contribution < -0.4 is 9.44 Å². The highest BCUT2D eigenvalue weighted by Crippen LogP contribution is 2.26. The molecule has 2 N–H and O–H groups in total. The fourth-order valence-electron chi connectivity index (χ4n) is 2.31. The molecule has 0 saturated carbocycles. The average Bonchev–Trinajstić information content (AvgIpc) is 2.53. The summed E-state index contributed by atoms with van der Waals surface area (Å²) in [5.74, 6) is 0. The minimum absolute atomic E-state index is 0.337. The van der Waals surface area contributed by atoms with Crippen LogP contribution in [0.5, 0.6) is 0 Å². The van der Waals surface area contributed by atoms with Gasteiger partial charge in [-0.3, -0.25) is 0 Å². The van der Waals surface area contributed by atoms with Crippen LogP contribution in [0, 0.1) is 0 Å². The molecular formula is C11H21N3O4S. The third-order valence-corrected chi connectivity index (χ3v) is 4.55. The Kier molecular flexibility index (Phi) is 3.53. The molecule has 2 aliphatic heterocycles. The smallest absolute Gasteiger partial charge is 0.410 e. The monoisotopic (exact) mass is 291 g/mol. The maximum absolute atomic E-state index is 11.9. The van der Waals surface area contributed by atoms with E-state index >= 15 is 0 Å². The van der Waals surface area contributed by atoms with Crippen LogP contribution in [-0.4, -0.2) is 50.2 Å². The lowest BCUT2D eigenvalue weighted by molar-refractivity contribution is 0.0168. The second kappa shape index (κ2) is 4.60. The van der Waals surface area contributed by atoms with Crippen molar-refractivity contribution in [2.75, 3.05) is 19.6 Å². The normalized spacial score (nSPS) is 25.5. The second-order valence-electron chi connectivity index (χ2n) is 6.17. The molecule has 1 spiro atoms. The molecule has 0 unspecified atom stereocenters. The summed E-state index contributed by atoms with van der Waals surface area (Å²) in [5, 5.41) is 0. The summed E-state index contributed by atoms with van der Waals surface area (Å²) in [6, 6.07) is 0. The van der Waals surface area contributed by atoms with Crippen molar-refractivity contribution >= 4 is 16.3 Å². The van der Waals surface area contributed by atoms with Crippen LogP contribution >= 0.6 is 0 Å². The predicted molar refractivity (Wildman–Crippen MR) is 69.8 cm³/mol. The fraction of sp³-hybridized carbons (Fsp3) is 0.909. The summed E-state index contributed by atoms with van der Waals surface area (Å²) >= 11 is 0. The Bertz CT molecular complexity index is 461. The number of ether oxygens (including phenoxy) is 1. The second-order valence-corrected chi connectivity index (χ2v) is 7.67. The van der Waals surface area contributed by atoms with Gasteiger partial charge in [-0.25, -0.2) is 9.52 Å². The molecule has 7 nitrogen and oxygen atoms in total. The number of amides is 1. The molecule has 0 aromatic carbocycles. The van der Waals surface area contributed by atoms with E-state index in [-0.39, 0.29) is 6.09 Å².